The normalized spacial score (nSPS) is 12.4. The van der Waals surface area contributed by atoms with Gasteiger partial charge >= 0.3 is 0 Å². The number of hydrogen-bond acceptors (Lipinski definition) is 6. The number of amides is 1. The fourth-order valence-corrected chi connectivity index (χ4v) is 3.91. The van der Waals surface area contributed by atoms with Gasteiger partial charge < -0.3 is 20.5 Å². The highest BCUT2D eigenvalue weighted by Crippen LogP contribution is 2.37. The number of nitrogens with two attached hydrogens (primary N) is 1. The third kappa shape index (κ3) is 5.43. The zero-order valence-electron chi connectivity index (χ0n) is 19.2. The summed E-state index contributed by atoms with van der Waals surface area (Å²) in [6, 6.07) is 4.29. The molecule has 1 unspecified atom stereocenters. The number of nitrogens with zero attached hydrogens (tertiary/aromatic N) is 3. The van der Waals surface area contributed by atoms with Crippen molar-refractivity contribution in [3.63, 3.8) is 0 Å². The van der Waals surface area contributed by atoms with E-state index < -0.39 is 17.5 Å². The maximum atomic E-state index is 13.9. The van der Waals surface area contributed by atoms with Gasteiger partial charge in [-0.2, -0.15) is 5.10 Å². The molecule has 3 N–H and O–H groups in total. The molecule has 0 fully saturated rings. The van der Waals surface area contributed by atoms with Crippen molar-refractivity contribution in [2.75, 3.05) is 26.0 Å². The molecule has 1 amide bonds. The second-order valence-electron chi connectivity index (χ2n) is 8.11. The number of rotatable bonds is 9. The maximum Gasteiger partial charge on any atom is 0.247 e. The molecule has 0 aliphatic rings. The number of methoxy groups -OCH3 is 1. The van der Waals surface area contributed by atoms with Gasteiger partial charge in [0.05, 0.1) is 17.8 Å². The van der Waals surface area contributed by atoms with Crippen LogP contribution in [0.5, 0.6) is 5.75 Å². The van der Waals surface area contributed by atoms with Crippen LogP contribution in [0.1, 0.15) is 32.4 Å². The lowest BCUT2D eigenvalue weighted by molar-refractivity contribution is -0.129. The Morgan fingerprint density at radius 2 is 2.03 bits per heavy atom. The van der Waals surface area contributed by atoms with Crippen LogP contribution in [0, 0.1) is 5.82 Å². The first-order valence-corrected chi connectivity index (χ1v) is 11.2. The molecule has 34 heavy (non-hydrogen) atoms. The summed E-state index contributed by atoms with van der Waals surface area (Å²) in [4.78, 5) is 16.8. The van der Waals surface area contributed by atoms with Gasteiger partial charge in [-0.1, -0.05) is 23.2 Å². The van der Waals surface area contributed by atoms with Crippen LogP contribution < -0.4 is 15.8 Å². The third-order valence-electron chi connectivity index (χ3n) is 5.31. The highest BCUT2D eigenvalue weighted by atomic mass is 35.5. The van der Waals surface area contributed by atoms with Gasteiger partial charge in [-0.3, -0.25) is 9.48 Å². The Bertz CT molecular complexity index is 1190. The number of nitrogens with one attached hydrogen (secondary N) is 1. The molecule has 0 aliphatic heterocycles. The zero-order valence-corrected chi connectivity index (χ0v) is 20.7. The molecule has 3 rings (SSSR count). The average Bonchev–Trinajstić information content (AvgIpc) is 3.29. The Hall–Kier alpha value is -2.88. The highest BCUT2D eigenvalue weighted by Gasteiger charge is 2.30. The van der Waals surface area contributed by atoms with Crippen LogP contribution in [0.2, 0.25) is 10.0 Å². The molecule has 0 aliphatic carbocycles. The van der Waals surface area contributed by atoms with Crippen molar-refractivity contribution in [2.45, 2.75) is 32.4 Å². The lowest BCUT2D eigenvalue weighted by Crippen LogP contribution is -2.45. The predicted molar refractivity (Wildman–Crippen MR) is 130 cm³/mol. The Morgan fingerprint density at radius 3 is 2.74 bits per heavy atom. The van der Waals surface area contributed by atoms with E-state index in [4.69, 9.17) is 38.4 Å². The summed E-state index contributed by atoms with van der Waals surface area (Å²) in [6.07, 6.45) is 4.22. The monoisotopic (exact) mass is 509 g/mol. The van der Waals surface area contributed by atoms with Crippen LogP contribution in [0.25, 0.3) is 11.1 Å². The number of pyridine rings is 1. The lowest BCUT2D eigenvalue weighted by Gasteiger charge is -2.24. The van der Waals surface area contributed by atoms with Crippen LogP contribution in [0.4, 0.5) is 10.2 Å². The molecule has 2 aromatic heterocycles. The quantitative estimate of drug-likeness (QED) is 0.322. The first-order valence-electron chi connectivity index (χ1n) is 10.4. The van der Waals surface area contributed by atoms with Crippen LogP contribution in [-0.4, -0.2) is 40.9 Å². The summed E-state index contributed by atoms with van der Waals surface area (Å²) in [5.41, 5.74) is 6.74. The first kappa shape index (κ1) is 25.7. The number of anilines is 1. The Morgan fingerprint density at radius 1 is 1.29 bits per heavy atom. The summed E-state index contributed by atoms with van der Waals surface area (Å²) in [6.45, 7) is 6.01. The first-order chi connectivity index (χ1) is 16.1. The van der Waals surface area contributed by atoms with E-state index in [1.54, 1.807) is 57.2 Å². The molecule has 3 aromatic rings. The molecule has 11 heteroatoms. The number of ether oxygens (including phenoxy) is 2. The van der Waals surface area contributed by atoms with E-state index in [0.29, 0.717) is 29.8 Å². The summed E-state index contributed by atoms with van der Waals surface area (Å²) in [7, 11) is 1.57. The van der Waals surface area contributed by atoms with Gasteiger partial charge in [-0.15, -0.1) is 0 Å². The van der Waals surface area contributed by atoms with Crippen LogP contribution in [0.3, 0.4) is 0 Å². The molecule has 0 radical (unpaired) electrons. The Labute approximate surface area is 207 Å². The van der Waals surface area contributed by atoms with Gasteiger partial charge in [0.2, 0.25) is 5.91 Å². The largest absolute Gasteiger partial charge is 0.482 e. The van der Waals surface area contributed by atoms with Crippen molar-refractivity contribution in [3.05, 3.63) is 58.2 Å². The van der Waals surface area contributed by atoms with Crippen molar-refractivity contribution < 1.29 is 18.7 Å². The molecule has 182 valence electrons. The highest BCUT2D eigenvalue weighted by molar-refractivity contribution is 6.36. The molecule has 0 saturated heterocycles. The van der Waals surface area contributed by atoms with Gasteiger partial charge in [0.25, 0.3) is 0 Å². The number of benzene rings is 1. The second-order valence-corrected chi connectivity index (χ2v) is 8.89. The van der Waals surface area contributed by atoms with Crippen molar-refractivity contribution in [3.8, 4) is 16.9 Å². The average molecular weight is 510 g/mol. The van der Waals surface area contributed by atoms with Gasteiger partial charge in [0.15, 0.2) is 11.6 Å². The smallest absolute Gasteiger partial charge is 0.247 e. The van der Waals surface area contributed by atoms with Gasteiger partial charge in [-0.05, 0) is 39.0 Å². The van der Waals surface area contributed by atoms with Crippen molar-refractivity contribution in [2.24, 2.45) is 0 Å². The summed E-state index contributed by atoms with van der Waals surface area (Å²) < 4.78 is 26.4. The topological polar surface area (TPSA) is 104 Å². The molecule has 0 saturated carbocycles. The fraction of sp³-hybridized carbons (Fsp3) is 0.348. The molecule has 8 nitrogen and oxygen atoms in total. The minimum Gasteiger partial charge on any atom is -0.482 e. The van der Waals surface area contributed by atoms with E-state index in [-0.39, 0.29) is 27.5 Å². The standard InChI is InChI=1S/C23H26Cl2FN5O3/c1-13(19-16(24)5-6-17(26)20(19)25)34-18-9-14(10-29-21(18)27)15-11-30-31(12-15)23(2,3)22(32)28-7-8-33-4/h5-6,9-13H,7-8H2,1-4H3,(H2,27,29)(H,28,32). The van der Waals surface area contributed by atoms with Crippen LogP contribution >= 0.6 is 23.2 Å². The SMILES string of the molecule is COCCNC(=O)C(C)(C)n1cc(-c2cnc(N)c(OC(C)c3c(Cl)ccc(F)c3Cl)c2)cn1. The number of halogens is 3. The molecule has 1 atom stereocenters. The van der Waals surface area contributed by atoms with Crippen LogP contribution in [0.15, 0.2) is 36.8 Å². The second kappa shape index (κ2) is 10.6. The van der Waals surface area contributed by atoms with Gasteiger partial charge in [0, 0.05) is 47.8 Å². The summed E-state index contributed by atoms with van der Waals surface area (Å²) in [5.74, 6) is -0.385. The predicted octanol–water partition coefficient (Wildman–Crippen LogP) is 4.61. The van der Waals surface area contributed by atoms with E-state index >= 15 is 0 Å². The molecular weight excluding hydrogens is 484 g/mol. The summed E-state index contributed by atoms with van der Waals surface area (Å²) in [5, 5.41) is 7.33. The minimum absolute atomic E-state index is 0.116. The minimum atomic E-state index is -0.939. The third-order valence-corrected chi connectivity index (χ3v) is 6.02. The van der Waals surface area contributed by atoms with E-state index in [2.05, 4.69) is 15.4 Å². The molecule has 1 aromatic carbocycles. The van der Waals surface area contributed by atoms with Gasteiger partial charge in [-0.25, -0.2) is 9.37 Å². The zero-order chi connectivity index (χ0) is 25.0. The van der Waals surface area contributed by atoms with Crippen molar-refractivity contribution in [1.82, 2.24) is 20.1 Å². The maximum absolute atomic E-state index is 13.9. The number of nitrogen functional groups attached to an aromatic ring is 1. The molecule has 0 bridgehead atoms. The Balaban J connectivity index is 1.84. The number of carbonyl (C=O) groups is 1. The molecule has 2 heterocycles. The number of aromatic nitrogens is 3. The fourth-order valence-electron chi connectivity index (χ4n) is 3.24. The number of carbonyl (C=O) groups excluding carboxylic acids is 1. The Kier molecular flexibility index (Phi) is 8.01. The van der Waals surface area contributed by atoms with Gasteiger partial charge in [0.1, 0.15) is 17.5 Å². The van der Waals surface area contributed by atoms with Crippen LogP contribution in [-0.2, 0) is 15.1 Å². The van der Waals surface area contributed by atoms with E-state index in [9.17, 15) is 9.18 Å². The summed E-state index contributed by atoms with van der Waals surface area (Å²) >= 11 is 12.3. The molecular formula is C23H26Cl2FN5O3. The van der Waals surface area contributed by atoms with E-state index in [1.807, 2.05) is 0 Å². The van der Waals surface area contributed by atoms with Crippen molar-refractivity contribution >= 4 is 34.9 Å². The lowest BCUT2D eigenvalue weighted by atomic mass is 10.0. The van der Waals surface area contributed by atoms with E-state index in [1.165, 1.54) is 12.1 Å². The van der Waals surface area contributed by atoms with E-state index in [0.717, 1.165) is 0 Å². The molecule has 0 spiro atoms. The van der Waals surface area contributed by atoms with Crippen molar-refractivity contribution in [1.29, 1.82) is 0 Å². The number of hydrogen-bond donors (Lipinski definition) is 2.